The molecule has 82 valence electrons. The minimum Gasteiger partial charge on any atom is -0.370 e. The van der Waals surface area contributed by atoms with Crippen molar-refractivity contribution in [1.82, 2.24) is 0 Å². The molecule has 0 unspecified atom stereocenters. The Hall–Kier alpha value is 0.180. The van der Waals surface area contributed by atoms with Crippen molar-refractivity contribution in [2.24, 2.45) is 0 Å². The van der Waals surface area contributed by atoms with E-state index < -0.39 is 0 Å². The van der Waals surface area contributed by atoms with Crippen LogP contribution in [0.3, 0.4) is 0 Å². The summed E-state index contributed by atoms with van der Waals surface area (Å²) in [5.41, 5.74) is 0.883. The standard InChI is InChI=1S/C10H9Cl4N/c11-6-5-7(15-3-1-2-4-15)9(13)10(14)8(6)12/h5H,1-4H2. The van der Waals surface area contributed by atoms with Gasteiger partial charge in [-0.25, -0.2) is 0 Å². The Kier molecular flexibility index (Phi) is 3.56. The van der Waals surface area contributed by atoms with Gasteiger partial charge in [0.2, 0.25) is 0 Å². The van der Waals surface area contributed by atoms with Gasteiger partial charge < -0.3 is 4.90 Å². The van der Waals surface area contributed by atoms with Crippen molar-refractivity contribution < 1.29 is 0 Å². The number of hydrogen-bond donors (Lipinski definition) is 0. The second kappa shape index (κ2) is 4.58. The number of rotatable bonds is 1. The highest BCUT2D eigenvalue weighted by Crippen LogP contribution is 2.42. The quantitative estimate of drug-likeness (QED) is 0.524. The number of nitrogens with zero attached hydrogens (tertiary/aromatic N) is 1. The van der Waals surface area contributed by atoms with E-state index >= 15 is 0 Å². The largest absolute Gasteiger partial charge is 0.370 e. The Morgan fingerprint density at radius 1 is 0.867 bits per heavy atom. The molecule has 1 aromatic carbocycles. The van der Waals surface area contributed by atoms with Crippen LogP contribution in [0.25, 0.3) is 0 Å². The van der Waals surface area contributed by atoms with Crippen LogP contribution >= 0.6 is 46.4 Å². The highest BCUT2D eigenvalue weighted by molar-refractivity contribution is 6.52. The first-order valence-corrected chi connectivity index (χ1v) is 6.20. The Bertz CT molecular complexity index is 385. The fraction of sp³-hybridized carbons (Fsp3) is 0.400. The monoisotopic (exact) mass is 283 g/mol. The SMILES string of the molecule is Clc1cc(N2CCCC2)c(Cl)c(Cl)c1Cl. The lowest BCUT2D eigenvalue weighted by Crippen LogP contribution is -2.18. The van der Waals surface area contributed by atoms with Gasteiger partial charge in [0.05, 0.1) is 25.8 Å². The maximum Gasteiger partial charge on any atom is 0.0841 e. The molecule has 1 aromatic rings. The van der Waals surface area contributed by atoms with Crippen LogP contribution in [0.2, 0.25) is 20.1 Å². The van der Waals surface area contributed by atoms with E-state index in [0.29, 0.717) is 20.1 Å². The summed E-state index contributed by atoms with van der Waals surface area (Å²) in [6.07, 6.45) is 2.35. The first-order chi connectivity index (χ1) is 7.11. The average Bonchev–Trinajstić information content (AvgIpc) is 2.73. The van der Waals surface area contributed by atoms with Gasteiger partial charge in [0, 0.05) is 13.1 Å². The molecular weight excluding hydrogens is 276 g/mol. The molecule has 0 amide bonds. The first kappa shape index (κ1) is 11.7. The number of halogens is 4. The summed E-state index contributed by atoms with van der Waals surface area (Å²) in [5.74, 6) is 0. The van der Waals surface area contributed by atoms with E-state index in [1.165, 1.54) is 12.8 Å². The van der Waals surface area contributed by atoms with Gasteiger partial charge in [0.25, 0.3) is 0 Å². The van der Waals surface area contributed by atoms with Crippen molar-refractivity contribution >= 4 is 52.1 Å². The van der Waals surface area contributed by atoms with Gasteiger partial charge >= 0.3 is 0 Å². The molecule has 1 aliphatic rings. The zero-order valence-corrected chi connectivity index (χ0v) is 10.9. The molecule has 0 bridgehead atoms. The normalized spacial score (nSPS) is 16.1. The van der Waals surface area contributed by atoms with Crippen molar-refractivity contribution in [3.8, 4) is 0 Å². The molecule has 1 nitrogen and oxygen atoms in total. The van der Waals surface area contributed by atoms with Gasteiger partial charge in [-0.2, -0.15) is 0 Å². The molecule has 0 radical (unpaired) electrons. The molecular formula is C10H9Cl4N. The van der Waals surface area contributed by atoms with Crippen LogP contribution < -0.4 is 4.90 Å². The van der Waals surface area contributed by atoms with E-state index in [1.54, 1.807) is 6.07 Å². The first-order valence-electron chi connectivity index (χ1n) is 4.69. The van der Waals surface area contributed by atoms with Crippen molar-refractivity contribution in [2.75, 3.05) is 18.0 Å². The summed E-state index contributed by atoms with van der Waals surface area (Å²) < 4.78 is 0. The average molecular weight is 285 g/mol. The molecule has 0 aromatic heterocycles. The second-order valence-corrected chi connectivity index (χ2v) is 5.05. The minimum atomic E-state index is 0.325. The van der Waals surface area contributed by atoms with Crippen LogP contribution in [0.5, 0.6) is 0 Å². The molecule has 0 aliphatic carbocycles. The lowest BCUT2D eigenvalue weighted by atomic mass is 10.3. The number of benzene rings is 1. The van der Waals surface area contributed by atoms with Gasteiger partial charge in [-0.3, -0.25) is 0 Å². The molecule has 5 heteroatoms. The molecule has 15 heavy (non-hydrogen) atoms. The zero-order chi connectivity index (χ0) is 11.0. The highest BCUT2D eigenvalue weighted by Gasteiger charge is 2.20. The van der Waals surface area contributed by atoms with Gasteiger partial charge in [-0.15, -0.1) is 0 Å². The number of hydrogen-bond acceptors (Lipinski definition) is 1. The molecule has 2 rings (SSSR count). The predicted octanol–water partition coefficient (Wildman–Crippen LogP) is 4.90. The second-order valence-electron chi connectivity index (χ2n) is 3.51. The van der Waals surface area contributed by atoms with E-state index in [4.69, 9.17) is 46.4 Å². The zero-order valence-electron chi connectivity index (χ0n) is 7.86. The maximum absolute atomic E-state index is 6.13. The summed E-state index contributed by atoms with van der Waals surface area (Å²) >= 11 is 24.0. The van der Waals surface area contributed by atoms with Crippen LogP contribution in [0, 0.1) is 0 Å². The predicted molar refractivity (Wildman–Crippen MR) is 67.9 cm³/mol. The molecule has 1 saturated heterocycles. The smallest absolute Gasteiger partial charge is 0.0841 e. The third kappa shape index (κ3) is 2.16. The summed E-state index contributed by atoms with van der Waals surface area (Å²) in [6.45, 7) is 1.99. The lowest BCUT2D eigenvalue weighted by Gasteiger charge is -2.20. The van der Waals surface area contributed by atoms with Gasteiger partial charge in [0.1, 0.15) is 0 Å². The molecule has 0 atom stereocenters. The fourth-order valence-corrected chi connectivity index (χ4v) is 2.66. The van der Waals surface area contributed by atoms with E-state index in [9.17, 15) is 0 Å². The highest BCUT2D eigenvalue weighted by atomic mass is 35.5. The minimum absolute atomic E-state index is 0.325. The molecule has 1 heterocycles. The third-order valence-corrected chi connectivity index (χ3v) is 4.27. The van der Waals surface area contributed by atoms with Crippen LogP contribution in [0.4, 0.5) is 5.69 Å². The van der Waals surface area contributed by atoms with Crippen molar-refractivity contribution in [2.45, 2.75) is 12.8 Å². The lowest BCUT2D eigenvalue weighted by molar-refractivity contribution is 0.949. The van der Waals surface area contributed by atoms with Crippen LogP contribution in [0.15, 0.2) is 6.07 Å². The molecule has 0 saturated carbocycles. The van der Waals surface area contributed by atoms with E-state index in [2.05, 4.69) is 4.90 Å². The van der Waals surface area contributed by atoms with E-state index in [-0.39, 0.29) is 0 Å². The maximum atomic E-state index is 6.13. The molecule has 1 fully saturated rings. The summed E-state index contributed by atoms with van der Waals surface area (Å²) in [6, 6.07) is 1.78. The topological polar surface area (TPSA) is 3.24 Å². The summed E-state index contributed by atoms with van der Waals surface area (Å²) in [5, 5.41) is 1.61. The van der Waals surface area contributed by atoms with Gasteiger partial charge in [-0.05, 0) is 18.9 Å². The molecule has 0 spiro atoms. The fourth-order valence-electron chi connectivity index (χ4n) is 1.75. The van der Waals surface area contributed by atoms with E-state index in [0.717, 1.165) is 18.8 Å². The van der Waals surface area contributed by atoms with Crippen LogP contribution in [-0.2, 0) is 0 Å². The van der Waals surface area contributed by atoms with E-state index in [1.807, 2.05) is 0 Å². The number of anilines is 1. The van der Waals surface area contributed by atoms with Crippen molar-refractivity contribution in [3.05, 3.63) is 26.2 Å². The van der Waals surface area contributed by atoms with Gasteiger partial charge in [-0.1, -0.05) is 46.4 Å². The summed E-state index contributed by atoms with van der Waals surface area (Å²) in [7, 11) is 0. The van der Waals surface area contributed by atoms with Crippen molar-refractivity contribution in [3.63, 3.8) is 0 Å². The summed E-state index contributed by atoms with van der Waals surface area (Å²) in [4.78, 5) is 2.18. The third-order valence-electron chi connectivity index (χ3n) is 2.53. The Morgan fingerprint density at radius 2 is 1.47 bits per heavy atom. The Labute approximate surface area is 109 Å². The Morgan fingerprint density at radius 3 is 2.07 bits per heavy atom. The molecule has 0 N–H and O–H groups in total. The Balaban J connectivity index is 2.47. The van der Waals surface area contributed by atoms with Gasteiger partial charge in [0.15, 0.2) is 0 Å². The molecule has 1 aliphatic heterocycles. The van der Waals surface area contributed by atoms with Crippen LogP contribution in [0.1, 0.15) is 12.8 Å². The van der Waals surface area contributed by atoms with Crippen LogP contribution in [-0.4, -0.2) is 13.1 Å². The van der Waals surface area contributed by atoms with Crippen molar-refractivity contribution in [1.29, 1.82) is 0 Å².